The first-order chi connectivity index (χ1) is 7.22. The Hall–Kier alpha value is -1.35. The maximum absolute atomic E-state index is 5.51. The first kappa shape index (κ1) is 10.2. The second-order valence-corrected chi connectivity index (χ2v) is 3.93. The molecule has 0 bridgehead atoms. The van der Waals surface area contributed by atoms with E-state index in [2.05, 4.69) is 34.8 Å². The van der Waals surface area contributed by atoms with E-state index in [9.17, 15) is 0 Å². The fourth-order valence-corrected chi connectivity index (χ4v) is 1.82. The van der Waals surface area contributed by atoms with Crippen molar-refractivity contribution in [2.45, 2.75) is 19.8 Å². The number of benzene rings is 1. The molecule has 2 N–H and O–H groups in total. The van der Waals surface area contributed by atoms with Gasteiger partial charge in [-0.2, -0.15) is 0 Å². The van der Waals surface area contributed by atoms with Crippen LogP contribution >= 0.6 is 0 Å². The van der Waals surface area contributed by atoms with Crippen molar-refractivity contribution in [1.29, 1.82) is 0 Å². The van der Waals surface area contributed by atoms with Gasteiger partial charge in [-0.15, -0.1) is 0 Å². The summed E-state index contributed by atoms with van der Waals surface area (Å²) in [5.41, 5.74) is 9.13. The number of hydrogen-bond donors (Lipinski definition) is 1. The van der Waals surface area contributed by atoms with Gasteiger partial charge in [0.2, 0.25) is 0 Å². The summed E-state index contributed by atoms with van der Waals surface area (Å²) in [6.45, 7) is 2.78. The molecule has 0 saturated carbocycles. The van der Waals surface area contributed by atoms with E-state index in [4.69, 9.17) is 5.73 Å². The van der Waals surface area contributed by atoms with Crippen LogP contribution in [0.2, 0.25) is 0 Å². The fraction of sp³-hybridized carbons (Fsp3) is 0.417. The molecule has 3 nitrogen and oxygen atoms in total. The molecule has 0 aliphatic carbocycles. The maximum Gasteiger partial charge on any atom is 0.106 e. The summed E-state index contributed by atoms with van der Waals surface area (Å²) in [5.74, 6) is 1.06. The summed E-state index contributed by atoms with van der Waals surface area (Å²) >= 11 is 0. The van der Waals surface area contributed by atoms with Crippen molar-refractivity contribution in [1.82, 2.24) is 9.55 Å². The zero-order valence-corrected chi connectivity index (χ0v) is 9.33. The number of nitrogens with zero attached hydrogens (tertiary/aromatic N) is 2. The van der Waals surface area contributed by atoms with Crippen LogP contribution in [0.15, 0.2) is 18.2 Å². The highest BCUT2D eigenvalue weighted by Crippen LogP contribution is 2.17. The van der Waals surface area contributed by atoms with E-state index in [1.807, 2.05) is 6.92 Å². The molecular weight excluding hydrogens is 186 g/mol. The molecule has 0 aliphatic heterocycles. The Morgan fingerprint density at radius 2 is 2.20 bits per heavy atom. The van der Waals surface area contributed by atoms with E-state index >= 15 is 0 Å². The first-order valence-electron chi connectivity index (χ1n) is 5.34. The van der Waals surface area contributed by atoms with Gasteiger partial charge in [0, 0.05) is 7.05 Å². The fourth-order valence-electron chi connectivity index (χ4n) is 1.82. The molecule has 1 heterocycles. The van der Waals surface area contributed by atoms with Gasteiger partial charge in [-0.05, 0) is 44.0 Å². The summed E-state index contributed by atoms with van der Waals surface area (Å²) in [7, 11) is 2.05. The van der Waals surface area contributed by atoms with Crippen LogP contribution in [0, 0.1) is 6.92 Å². The molecule has 0 aliphatic rings. The van der Waals surface area contributed by atoms with Gasteiger partial charge in [0.15, 0.2) is 0 Å². The van der Waals surface area contributed by atoms with Crippen molar-refractivity contribution >= 4 is 11.0 Å². The minimum atomic E-state index is 0.752. The third kappa shape index (κ3) is 1.88. The van der Waals surface area contributed by atoms with Gasteiger partial charge in [-0.1, -0.05) is 6.07 Å². The molecule has 0 unspecified atom stereocenters. The lowest BCUT2D eigenvalue weighted by Gasteiger charge is -2.01. The van der Waals surface area contributed by atoms with Crippen LogP contribution in [0.4, 0.5) is 0 Å². The average molecular weight is 203 g/mol. The zero-order valence-electron chi connectivity index (χ0n) is 9.33. The number of rotatable bonds is 3. The van der Waals surface area contributed by atoms with E-state index in [0.29, 0.717) is 0 Å². The second-order valence-electron chi connectivity index (χ2n) is 3.93. The molecule has 0 radical (unpaired) electrons. The van der Waals surface area contributed by atoms with Crippen molar-refractivity contribution < 1.29 is 0 Å². The normalized spacial score (nSPS) is 11.1. The van der Waals surface area contributed by atoms with E-state index in [1.165, 1.54) is 11.1 Å². The highest BCUT2D eigenvalue weighted by molar-refractivity contribution is 5.76. The summed E-state index contributed by atoms with van der Waals surface area (Å²) < 4.78 is 2.13. The SMILES string of the molecule is Cc1nc2ccc(CCCN)cc2n1C. The topological polar surface area (TPSA) is 43.8 Å². The van der Waals surface area contributed by atoms with Crippen LogP contribution < -0.4 is 5.73 Å². The van der Waals surface area contributed by atoms with Gasteiger partial charge in [0.25, 0.3) is 0 Å². The quantitative estimate of drug-likeness (QED) is 0.826. The Labute approximate surface area is 89.9 Å². The summed E-state index contributed by atoms with van der Waals surface area (Å²) in [6, 6.07) is 6.45. The predicted molar refractivity (Wildman–Crippen MR) is 62.8 cm³/mol. The van der Waals surface area contributed by atoms with Crippen LogP contribution in [0.1, 0.15) is 17.8 Å². The van der Waals surface area contributed by atoms with Crippen LogP contribution in [0.5, 0.6) is 0 Å². The Bertz CT molecular complexity index is 471. The van der Waals surface area contributed by atoms with E-state index in [1.54, 1.807) is 0 Å². The Morgan fingerprint density at radius 3 is 2.93 bits per heavy atom. The Kier molecular flexibility index (Phi) is 2.73. The molecule has 0 spiro atoms. The van der Waals surface area contributed by atoms with Crippen LogP contribution in [-0.4, -0.2) is 16.1 Å². The van der Waals surface area contributed by atoms with Gasteiger partial charge in [-0.3, -0.25) is 0 Å². The molecule has 0 fully saturated rings. The lowest BCUT2D eigenvalue weighted by atomic mass is 10.1. The van der Waals surface area contributed by atoms with Crippen molar-refractivity contribution in [2.75, 3.05) is 6.54 Å². The van der Waals surface area contributed by atoms with Gasteiger partial charge in [-0.25, -0.2) is 4.98 Å². The molecule has 1 aromatic carbocycles. The number of nitrogens with two attached hydrogens (primary N) is 1. The molecular formula is C12H17N3. The second kappa shape index (κ2) is 4.03. The minimum absolute atomic E-state index is 0.752. The van der Waals surface area contributed by atoms with E-state index < -0.39 is 0 Å². The van der Waals surface area contributed by atoms with E-state index in [0.717, 1.165) is 30.7 Å². The molecule has 0 amide bonds. The highest BCUT2D eigenvalue weighted by Gasteiger charge is 2.04. The molecule has 0 atom stereocenters. The average Bonchev–Trinajstić information content (AvgIpc) is 2.52. The predicted octanol–water partition coefficient (Wildman–Crippen LogP) is 1.77. The summed E-state index contributed by atoms with van der Waals surface area (Å²) in [5, 5.41) is 0. The molecule has 2 rings (SSSR count). The number of aryl methyl sites for hydroxylation is 3. The Balaban J connectivity index is 2.41. The first-order valence-corrected chi connectivity index (χ1v) is 5.34. The number of aromatic nitrogens is 2. The van der Waals surface area contributed by atoms with Gasteiger partial charge < -0.3 is 10.3 Å². The highest BCUT2D eigenvalue weighted by atomic mass is 15.0. The third-order valence-electron chi connectivity index (χ3n) is 2.84. The van der Waals surface area contributed by atoms with E-state index in [-0.39, 0.29) is 0 Å². The summed E-state index contributed by atoms with van der Waals surface area (Å²) in [4.78, 5) is 4.47. The molecule has 15 heavy (non-hydrogen) atoms. The number of imidazole rings is 1. The van der Waals surface area contributed by atoms with Gasteiger partial charge in [0.05, 0.1) is 11.0 Å². The smallest absolute Gasteiger partial charge is 0.106 e. The third-order valence-corrected chi connectivity index (χ3v) is 2.84. The number of hydrogen-bond acceptors (Lipinski definition) is 2. The van der Waals surface area contributed by atoms with Crippen molar-refractivity contribution in [2.24, 2.45) is 12.8 Å². The molecule has 3 heteroatoms. The molecule has 1 aromatic heterocycles. The van der Waals surface area contributed by atoms with Crippen molar-refractivity contribution in [3.8, 4) is 0 Å². The zero-order chi connectivity index (χ0) is 10.8. The number of fused-ring (bicyclic) bond motifs is 1. The lowest BCUT2D eigenvalue weighted by molar-refractivity contribution is 0.831. The largest absolute Gasteiger partial charge is 0.331 e. The lowest BCUT2D eigenvalue weighted by Crippen LogP contribution is -2.00. The summed E-state index contributed by atoms with van der Waals surface area (Å²) in [6.07, 6.45) is 2.10. The standard InChI is InChI=1S/C12H17N3/c1-9-14-11-6-5-10(4-3-7-13)8-12(11)15(9)2/h5-6,8H,3-4,7,13H2,1-2H3. The Morgan fingerprint density at radius 1 is 1.40 bits per heavy atom. The molecule has 0 saturated heterocycles. The monoisotopic (exact) mass is 203 g/mol. The van der Waals surface area contributed by atoms with Crippen molar-refractivity contribution in [3.05, 3.63) is 29.6 Å². The molecule has 80 valence electrons. The van der Waals surface area contributed by atoms with Crippen LogP contribution in [0.25, 0.3) is 11.0 Å². The van der Waals surface area contributed by atoms with Crippen molar-refractivity contribution in [3.63, 3.8) is 0 Å². The maximum atomic E-state index is 5.51. The van der Waals surface area contributed by atoms with Gasteiger partial charge >= 0.3 is 0 Å². The molecule has 2 aromatic rings. The minimum Gasteiger partial charge on any atom is -0.331 e. The van der Waals surface area contributed by atoms with Crippen LogP contribution in [0.3, 0.4) is 0 Å². The van der Waals surface area contributed by atoms with Crippen LogP contribution in [-0.2, 0) is 13.5 Å². The van der Waals surface area contributed by atoms with Gasteiger partial charge in [0.1, 0.15) is 5.82 Å².